The second kappa shape index (κ2) is 11.7. The quantitative estimate of drug-likeness (QED) is 0.569. The number of hydrogen-bond donors (Lipinski definition) is 1. The van der Waals surface area contributed by atoms with Gasteiger partial charge in [-0.3, -0.25) is 4.90 Å². The molecule has 0 aromatic heterocycles. The Labute approximate surface area is 196 Å². The standard InChI is InChI=1S/C26H47N3O3/c1-8-18(2)19(3)20(4)21(5)22(6)23(7)32-25(31)28-15-11-26(17-27,12-16-28)29-13-9-24(30)10-14-29/h18-24,30H,8-16H2,1-7H3. The lowest BCUT2D eigenvalue weighted by Gasteiger charge is -2.46. The molecule has 2 saturated heterocycles. The maximum absolute atomic E-state index is 12.9. The molecule has 0 radical (unpaired) electrons. The van der Waals surface area contributed by atoms with Gasteiger partial charge < -0.3 is 14.7 Å². The van der Waals surface area contributed by atoms with Gasteiger partial charge in [0.1, 0.15) is 11.6 Å². The molecule has 0 bridgehead atoms. The van der Waals surface area contributed by atoms with E-state index in [9.17, 15) is 15.2 Å². The molecule has 6 atom stereocenters. The number of aliphatic hydroxyl groups excluding tert-OH is 1. The number of likely N-dealkylation sites (tertiary alicyclic amines) is 2. The first-order valence-electron chi connectivity index (χ1n) is 12.9. The van der Waals surface area contributed by atoms with Gasteiger partial charge in [-0.1, -0.05) is 48.0 Å². The fraction of sp³-hybridized carbons (Fsp3) is 0.923. The number of rotatable bonds is 8. The Hall–Kier alpha value is -1.32. The van der Waals surface area contributed by atoms with Crippen LogP contribution in [0.15, 0.2) is 0 Å². The van der Waals surface area contributed by atoms with Gasteiger partial charge in [-0.15, -0.1) is 0 Å². The zero-order valence-corrected chi connectivity index (χ0v) is 21.5. The summed E-state index contributed by atoms with van der Waals surface area (Å²) in [5, 5.41) is 19.7. The number of piperidine rings is 2. The molecule has 0 aromatic rings. The molecule has 184 valence electrons. The minimum atomic E-state index is -0.522. The normalized spacial score (nSPS) is 25.8. The van der Waals surface area contributed by atoms with Crippen molar-refractivity contribution in [2.24, 2.45) is 29.6 Å². The summed E-state index contributed by atoms with van der Waals surface area (Å²) in [6, 6.07) is 2.54. The van der Waals surface area contributed by atoms with Crippen LogP contribution in [0.1, 0.15) is 80.6 Å². The summed E-state index contributed by atoms with van der Waals surface area (Å²) in [6.07, 6.45) is 3.26. The van der Waals surface area contributed by atoms with Crippen molar-refractivity contribution in [2.45, 2.75) is 98.3 Å². The first-order chi connectivity index (χ1) is 15.1. The van der Waals surface area contributed by atoms with Crippen molar-refractivity contribution < 1.29 is 14.6 Å². The van der Waals surface area contributed by atoms with Gasteiger partial charge in [-0.05, 0) is 62.2 Å². The molecule has 2 heterocycles. The molecule has 6 nitrogen and oxygen atoms in total. The van der Waals surface area contributed by atoms with Gasteiger partial charge in [0.2, 0.25) is 0 Å². The highest BCUT2D eigenvalue weighted by atomic mass is 16.6. The number of ether oxygens (including phenoxy) is 1. The predicted octanol–water partition coefficient (Wildman–Crippen LogP) is 4.92. The largest absolute Gasteiger partial charge is 0.446 e. The van der Waals surface area contributed by atoms with E-state index in [1.165, 1.54) is 6.42 Å². The Morgan fingerprint density at radius 2 is 1.53 bits per heavy atom. The van der Waals surface area contributed by atoms with Crippen LogP contribution < -0.4 is 0 Å². The summed E-state index contributed by atoms with van der Waals surface area (Å²) < 4.78 is 5.91. The van der Waals surface area contributed by atoms with Crippen LogP contribution in [0.3, 0.4) is 0 Å². The van der Waals surface area contributed by atoms with E-state index in [0.717, 1.165) is 25.9 Å². The molecule has 1 amide bonds. The number of nitrogens with zero attached hydrogens (tertiary/aromatic N) is 3. The van der Waals surface area contributed by atoms with E-state index in [2.05, 4.69) is 52.5 Å². The Kier molecular flexibility index (Phi) is 9.85. The third kappa shape index (κ3) is 6.17. The summed E-state index contributed by atoms with van der Waals surface area (Å²) in [5.74, 6) is 2.63. The van der Waals surface area contributed by atoms with Crippen LogP contribution in [0.25, 0.3) is 0 Å². The number of carbonyl (C=O) groups excluding carboxylic acids is 1. The monoisotopic (exact) mass is 449 g/mol. The Bertz CT molecular complexity index is 633. The molecule has 1 N–H and O–H groups in total. The van der Waals surface area contributed by atoms with Crippen LogP contribution in [-0.4, -0.2) is 64.9 Å². The minimum absolute atomic E-state index is 0.143. The van der Waals surface area contributed by atoms with Gasteiger partial charge in [0.05, 0.1) is 12.2 Å². The second-order valence-electron chi connectivity index (χ2n) is 10.8. The van der Waals surface area contributed by atoms with Crippen molar-refractivity contribution >= 4 is 6.09 Å². The molecule has 2 rings (SSSR count). The fourth-order valence-corrected chi connectivity index (χ4v) is 5.47. The first-order valence-corrected chi connectivity index (χ1v) is 12.9. The molecule has 2 fully saturated rings. The van der Waals surface area contributed by atoms with Crippen molar-refractivity contribution in [1.29, 1.82) is 5.26 Å². The summed E-state index contributed by atoms with van der Waals surface area (Å²) in [4.78, 5) is 16.9. The maximum Gasteiger partial charge on any atom is 0.410 e. The van der Waals surface area contributed by atoms with Crippen molar-refractivity contribution in [3.63, 3.8) is 0 Å². The molecular formula is C26H47N3O3. The Morgan fingerprint density at radius 1 is 1.00 bits per heavy atom. The number of hydrogen-bond acceptors (Lipinski definition) is 5. The Morgan fingerprint density at radius 3 is 2.03 bits per heavy atom. The molecule has 0 saturated carbocycles. The van der Waals surface area contributed by atoms with E-state index >= 15 is 0 Å². The van der Waals surface area contributed by atoms with Gasteiger partial charge in [-0.2, -0.15) is 5.26 Å². The zero-order valence-electron chi connectivity index (χ0n) is 21.5. The topological polar surface area (TPSA) is 76.8 Å². The van der Waals surface area contributed by atoms with E-state index in [0.29, 0.717) is 49.6 Å². The highest BCUT2D eigenvalue weighted by Gasteiger charge is 2.43. The third-order valence-electron chi connectivity index (χ3n) is 9.18. The van der Waals surface area contributed by atoms with Gasteiger partial charge in [0, 0.05) is 26.2 Å². The van der Waals surface area contributed by atoms with Gasteiger partial charge >= 0.3 is 6.09 Å². The molecule has 0 spiro atoms. The van der Waals surface area contributed by atoms with E-state index in [1.54, 1.807) is 4.90 Å². The van der Waals surface area contributed by atoms with Crippen LogP contribution >= 0.6 is 0 Å². The highest BCUT2D eigenvalue weighted by Crippen LogP contribution is 2.35. The molecule has 6 heteroatoms. The van der Waals surface area contributed by atoms with E-state index in [-0.39, 0.29) is 24.2 Å². The van der Waals surface area contributed by atoms with Crippen LogP contribution in [0.4, 0.5) is 4.79 Å². The summed E-state index contributed by atoms with van der Waals surface area (Å²) in [6.45, 7) is 18.3. The molecule has 2 aliphatic heterocycles. The first kappa shape index (κ1) is 26.9. The Balaban J connectivity index is 1.88. The molecule has 32 heavy (non-hydrogen) atoms. The fourth-order valence-electron chi connectivity index (χ4n) is 5.47. The van der Waals surface area contributed by atoms with Crippen molar-refractivity contribution in [3.05, 3.63) is 0 Å². The predicted molar refractivity (Wildman–Crippen MR) is 128 cm³/mol. The number of carbonyl (C=O) groups is 1. The van der Waals surface area contributed by atoms with Crippen molar-refractivity contribution in [2.75, 3.05) is 26.2 Å². The number of nitriles is 1. The van der Waals surface area contributed by atoms with Crippen LogP contribution in [0, 0.1) is 40.9 Å². The van der Waals surface area contributed by atoms with Crippen LogP contribution in [0.5, 0.6) is 0 Å². The lowest BCUT2D eigenvalue weighted by atomic mass is 9.72. The lowest BCUT2D eigenvalue weighted by Crippen LogP contribution is -2.58. The minimum Gasteiger partial charge on any atom is -0.446 e. The van der Waals surface area contributed by atoms with Crippen LogP contribution in [0.2, 0.25) is 0 Å². The van der Waals surface area contributed by atoms with Crippen molar-refractivity contribution in [3.8, 4) is 6.07 Å². The van der Waals surface area contributed by atoms with Gasteiger partial charge in [0.25, 0.3) is 0 Å². The third-order valence-corrected chi connectivity index (χ3v) is 9.18. The maximum atomic E-state index is 12.9. The van der Waals surface area contributed by atoms with E-state index < -0.39 is 5.54 Å². The lowest BCUT2D eigenvalue weighted by molar-refractivity contribution is -0.00781. The summed E-state index contributed by atoms with van der Waals surface area (Å²) in [5.41, 5.74) is -0.522. The van der Waals surface area contributed by atoms with Gasteiger partial charge in [-0.25, -0.2) is 4.79 Å². The molecule has 0 aliphatic carbocycles. The second-order valence-corrected chi connectivity index (χ2v) is 10.8. The smallest absolute Gasteiger partial charge is 0.410 e. The van der Waals surface area contributed by atoms with Crippen molar-refractivity contribution in [1.82, 2.24) is 9.80 Å². The summed E-state index contributed by atoms with van der Waals surface area (Å²) in [7, 11) is 0. The number of amides is 1. The van der Waals surface area contributed by atoms with E-state index in [4.69, 9.17) is 4.74 Å². The van der Waals surface area contributed by atoms with E-state index in [1.807, 2.05) is 6.92 Å². The zero-order chi connectivity index (χ0) is 24.1. The highest BCUT2D eigenvalue weighted by molar-refractivity contribution is 5.68. The average molecular weight is 450 g/mol. The summed E-state index contributed by atoms with van der Waals surface area (Å²) >= 11 is 0. The molecule has 6 unspecified atom stereocenters. The van der Waals surface area contributed by atoms with Gasteiger partial charge in [0.15, 0.2) is 0 Å². The molecular weight excluding hydrogens is 402 g/mol. The molecule has 0 aromatic carbocycles. The average Bonchev–Trinajstić information content (AvgIpc) is 2.81. The SMILES string of the molecule is CCC(C)C(C)C(C)C(C)C(C)C(C)OC(=O)N1CCC(C#N)(N2CCC(O)CC2)CC1. The number of aliphatic hydroxyl groups is 1. The van der Waals surface area contributed by atoms with Crippen LogP contribution in [-0.2, 0) is 4.74 Å². The molecule has 2 aliphatic rings.